The normalized spacial score (nSPS) is 15.9. The van der Waals surface area contributed by atoms with Crippen LogP contribution >= 0.6 is 111 Å². The van der Waals surface area contributed by atoms with E-state index in [1.54, 1.807) is 0 Å². The van der Waals surface area contributed by atoms with Crippen molar-refractivity contribution in [2.45, 2.75) is 488 Å². The zero-order chi connectivity index (χ0) is 89.7. The first-order valence-corrected chi connectivity index (χ1v) is 61.9. The van der Waals surface area contributed by atoms with Crippen LogP contribution in [0.2, 0.25) is 0 Å². The monoisotopic (exact) mass is 2100 g/mol. The first-order valence-electron chi connectivity index (χ1n) is 54.1. The summed E-state index contributed by atoms with van der Waals surface area (Å²) in [5.74, 6) is 16.4. The molecule has 0 saturated carbocycles. The number of halogens is 4. The third-order valence-electron chi connectivity index (χ3n) is 28.3. The predicted octanol–water partition coefficient (Wildman–Crippen LogP) is 40.0. The van der Waals surface area contributed by atoms with E-state index in [1.807, 2.05) is 0 Å². The first-order chi connectivity index (χ1) is 63.3. The van der Waals surface area contributed by atoms with Gasteiger partial charge in [-0.2, -0.15) is 47.0 Å². The van der Waals surface area contributed by atoms with Crippen molar-refractivity contribution in [2.75, 3.05) is 73.2 Å². The molecule has 16 heteroatoms. The number of benzene rings is 4. The molecule has 4 aliphatic heterocycles. The van der Waals surface area contributed by atoms with Gasteiger partial charge in [-0.3, -0.25) is 0 Å². The van der Waals surface area contributed by atoms with Crippen LogP contribution < -0.4 is 37.9 Å². The maximum atomic E-state index is 7.07. The fourth-order valence-electron chi connectivity index (χ4n) is 20.7. The summed E-state index contributed by atoms with van der Waals surface area (Å²) in [6, 6.07) is 8.88. The van der Waals surface area contributed by atoms with E-state index in [2.05, 4.69) is 163 Å². The molecule has 0 N–H and O–H groups in total. The number of hydrogen-bond acceptors (Lipinski definition) is 12. The van der Waals surface area contributed by atoms with Crippen LogP contribution in [-0.4, -0.2) is 73.2 Å². The lowest BCUT2D eigenvalue weighted by molar-refractivity contribution is 0.0979. The quantitative estimate of drug-likeness (QED) is 0.0395. The van der Waals surface area contributed by atoms with E-state index in [4.69, 9.17) is 37.9 Å². The lowest BCUT2D eigenvalue weighted by Crippen LogP contribution is -2.24. The van der Waals surface area contributed by atoms with E-state index < -0.39 is 0 Å². The minimum Gasteiger partial charge on any atom is -0.457 e. The summed E-state index contributed by atoms with van der Waals surface area (Å²) in [6.45, 7) is 9.37. The highest BCUT2D eigenvalue weighted by atomic mass is 79.9. The van der Waals surface area contributed by atoms with Crippen molar-refractivity contribution in [3.8, 4) is 46.0 Å². The van der Waals surface area contributed by atoms with Crippen LogP contribution in [0.15, 0.2) is 42.2 Å². The van der Waals surface area contributed by atoms with Gasteiger partial charge in [0.15, 0.2) is 0 Å². The minimum atomic E-state index is -0.127. The zero-order valence-corrected chi connectivity index (χ0v) is 91.2. The van der Waals surface area contributed by atoms with Crippen molar-refractivity contribution in [1.82, 2.24) is 0 Å². The van der Waals surface area contributed by atoms with Gasteiger partial charge in [0.2, 0.25) is 27.2 Å². The highest BCUT2D eigenvalue weighted by Crippen LogP contribution is 2.62. The summed E-state index contributed by atoms with van der Waals surface area (Å²) >= 11 is 27.4. The molecule has 4 aromatic carbocycles. The van der Waals surface area contributed by atoms with E-state index in [-0.39, 0.29) is 50.8 Å². The Labute approximate surface area is 835 Å². The fourth-order valence-corrected chi connectivity index (χ4v) is 28.5. The van der Waals surface area contributed by atoms with Crippen LogP contribution in [0.1, 0.15) is 532 Å². The molecule has 8 bridgehead atoms. The maximum absolute atomic E-state index is 7.07. The number of thioether (sulfide) groups is 4. The van der Waals surface area contributed by atoms with Gasteiger partial charge in [-0.25, -0.2) is 0 Å². The van der Waals surface area contributed by atoms with Gasteiger partial charge >= 0.3 is 0 Å². The van der Waals surface area contributed by atoms with Crippen LogP contribution in [0.5, 0.6) is 46.0 Å². The van der Waals surface area contributed by atoms with E-state index in [9.17, 15) is 0 Å². The van der Waals surface area contributed by atoms with Crippen LogP contribution in [0.3, 0.4) is 0 Å². The van der Waals surface area contributed by atoms with Crippen LogP contribution in [-0.2, 0) is 0 Å². The van der Waals surface area contributed by atoms with Crippen molar-refractivity contribution < 1.29 is 37.9 Å². The van der Waals surface area contributed by atoms with Crippen molar-refractivity contribution in [3.63, 3.8) is 0 Å². The number of ether oxygens (including phenoxy) is 8. The average Bonchev–Trinajstić information content (AvgIpc) is 0.717. The Kier molecular flexibility index (Phi) is 60.5. The lowest BCUT2D eigenvalue weighted by Gasteiger charge is -2.37. The molecule has 0 radical (unpaired) electrons. The summed E-state index contributed by atoms with van der Waals surface area (Å²) in [6.07, 6.45) is 88.8. The molecule has 1 aliphatic carbocycles. The van der Waals surface area contributed by atoms with Crippen LogP contribution in [0.4, 0.5) is 0 Å². The van der Waals surface area contributed by atoms with Crippen molar-refractivity contribution in [3.05, 3.63) is 86.7 Å². The molecule has 8 nitrogen and oxygen atoms in total. The average molecular weight is 2100 g/mol. The molecular formula is C112H180Br4O8S4. The Morgan fingerprint density at radius 2 is 0.297 bits per heavy atom. The molecular weight excluding hydrogens is 1920 g/mol. The molecule has 0 amide bonds. The van der Waals surface area contributed by atoms with Crippen molar-refractivity contribution in [1.29, 1.82) is 0 Å². The molecule has 9 rings (SSSR count). The van der Waals surface area contributed by atoms with Gasteiger partial charge in [0, 0.05) is 110 Å². The number of hydrogen-bond donors (Lipinski definition) is 0. The Morgan fingerprint density at radius 1 is 0.180 bits per heavy atom. The van der Waals surface area contributed by atoms with Gasteiger partial charge < -0.3 is 37.9 Å². The second kappa shape index (κ2) is 70.3. The molecule has 0 unspecified atom stereocenters. The van der Waals surface area contributed by atoms with Gasteiger partial charge in [0.1, 0.15) is 46.0 Å². The zero-order valence-electron chi connectivity index (χ0n) is 81.6. The van der Waals surface area contributed by atoms with Gasteiger partial charge in [0.25, 0.3) is 0 Å². The molecule has 4 heterocycles. The summed E-state index contributed by atoms with van der Waals surface area (Å²) < 4.78 is 60.8. The highest BCUT2D eigenvalue weighted by Gasteiger charge is 2.43. The Bertz CT molecular complexity index is 2990. The van der Waals surface area contributed by atoms with E-state index in [0.717, 1.165) is 141 Å². The van der Waals surface area contributed by atoms with E-state index >= 15 is 0 Å². The standard InChI is InChI=1S/C112H180Br4O8S4/c1-5-9-13-17-21-25-37-49-61-73-125-77-65-53-41-29-33-45-57-69-89-101-93-81-95-103(109(101)113)90(70-58-46-34-30-42-54-66-78-126-74-62-50-38-26-22-18-14-10-6-2)105-97(121-86-119-95)83-99-107(111(105)115)92(72-60-48-36-32-44-56-68-80-128-76-64-52-40-28-24-20-16-12-8-4)108-100(124-88-123-99)84-98-106(112(108)116)91(104-96(120-87-122-98)82-94(118-85-117-93)102(89)110(104)114)71-59-47-35-31-43-55-67-79-127-75-63-51-39-27-23-19-15-11-7-3/h81-84,89-92H,5-80,85-88H2,1-4H3. The van der Waals surface area contributed by atoms with Crippen LogP contribution in [0.25, 0.3) is 0 Å². The Morgan fingerprint density at radius 3 is 0.430 bits per heavy atom. The molecule has 0 saturated heterocycles. The summed E-state index contributed by atoms with van der Waals surface area (Å²) in [4.78, 5) is 0. The largest absolute Gasteiger partial charge is 0.457 e. The van der Waals surface area contributed by atoms with Gasteiger partial charge in [-0.05, 0) is 187 Å². The fraction of sp³-hybridized carbons (Fsp3) is 0.786. The van der Waals surface area contributed by atoms with E-state index in [0.29, 0.717) is 0 Å². The Hall–Kier alpha value is -1.40. The molecule has 0 atom stereocenters. The van der Waals surface area contributed by atoms with Gasteiger partial charge in [-0.1, -0.05) is 387 Å². The van der Waals surface area contributed by atoms with E-state index in [1.165, 1.54) is 450 Å². The third kappa shape index (κ3) is 39.8. The molecule has 4 aromatic rings. The lowest BCUT2D eigenvalue weighted by atomic mass is 9.76. The molecule has 0 fully saturated rings. The molecule has 128 heavy (non-hydrogen) atoms. The molecule has 0 aromatic heterocycles. The highest BCUT2D eigenvalue weighted by molar-refractivity contribution is 9.11. The summed E-state index contributed by atoms with van der Waals surface area (Å²) in [5, 5.41) is 0. The number of rotatable bonds is 80. The SMILES string of the molecule is CCCCCCCCCCCSCCCCCCCCCC1c2c3cc4c(c2Br)C(CCCCCCCCCSCCCCCCCCCCC)c2c(cc5c(c2Br)C(CCCCCCCCCSCCCCCCCCCCC)c2c(cc6c(c2Br)C(CCCCCCCCCSCCCCCCCCCCC)c2c(cc(c1c2Br)OCO3)OCO6)OCO5)OCO4. The predicted molar refractivity (Wildman–Crippen MR) is 574 cm³/mol. The second-order valence-corrected chi connectivity index (χ2v) is 46.8. The minimum absolute atomic E-state index is 0.0261. The maximum Gasteiger partial charge on any atom is 0.230 e. The molecule has 728 valence electrons. The van der Waals surface area contributed by atoms with Crippen molar-refractivity contribution in [2.24, 2.45) is 0 Å². The smallest absolute Gasteiger partial charge is 0.230 e. The number of unbranched alkanes of at least 4 members (excludes halogenated alkanes) is 56. The first kappa shape index (κ1) is 110. The third-order valence-corrected chi connectivity index (χ3v) is 36.3. The molecule has 5 aliphatic rings. The van der Waals surface area contributed by atoms with Crippen molar-refractivity contribution >= 4 is 111 Å². The van der Waals surface area contributed by atoms with Gasteiger partial charge in [-0.15, -0.1) is 0 Å². The summed E-state index contributed by atoms with van der Waals surface area (Å²) in [7, 11) is 0. The topological polar surface area (TPSA) is 73.8 Å². The Balaban J connectivity index is 0.994. The van der Waals surface area contributed by atoms with Gasteiger partial charge in [0.05, 0.1) is 0 Å². The second-order valence-electron chi connectivity index (χ2n) is 38.7. The molecule has 0 spiro atoms. The summed E-state index contributed by atoms with van der Waals surface area (Å²) in [5.41, 5.74) is 9.37. The van der Waals surface area contributed by atoms with Crippen LogP contribution in [0, 0.1) is 0 Å².